The molecular formula is C17H24N2S. The average Bonchev–Trinajstić information content (AvgIpc) is 2.83. The van der Waals surface area contributed by atoms with Gasteiger partial charge < -0.3 is 10.3 Å². The monoisotopic (exact) mass is 288 g/mol. The third-order valence-electron chi connectivity index (χ3n) is 3.69. The number of benzene rings is 1. The van der Waals surface area contributed by atoms with Gasteiger partial charge in [0, 0.05) is 16.3 Å². The lowest BCUT2D eigenvalue weighted by molar-refractivity contribution is 0.395. The minimum atomic E-state index is 0.272. The van der Waals surface area contributed by atoms with Crippen molar-refractivity contribution >= 4 is 27.1 Å². The Bertz CT molecular complexity index is 571. The van der Waals surface area contributed by atoms with E-state index in [1.807, 2.05) is 0 Å². The SMILES string of the molecule is CCCC(=N)C(CCN(C)C)c1csc2ccccc12. The lowest BCUT2D eigenvalue weighted by Gasteiger charge is -2.20. The first-order valence-electron chi connectivity index (χ1n) is 7.31. The molecule has 0 saturated carbocycles. The Morgan fingerprint density at radius 2 is 2.05 bits per heavy atom. The van der Waals surface area contributed by atoms with E-state index in [2.05, 4.69) is 55.6 Å². The van der Waals surface area contributed by atoms with E-state index in [-0.39, 0.29) is 5.92 Å². The summed E-state index contributed by atoms with van der Waals surface area (Å²) in [5.41, 5.74) is 2.24. The van der Waals surface area contributed by atoms with Crippen molar-refractivity contribution in [3.8, 4) is 0 Å². The number of thiophene rings is 1. The Kier molecular flexibility index (Phi) is 5.32. The highest BCUT2D eigenvalue weighted by Gasteiger charge is 2.20. The molecule has 1 unspecified atom stereocenters. The standard InChI is InChI=1S/C17H24N2S/c1-4-7-16(18)13(10-11-19(2)3)15-12-20-17-9-6-5-8-14(15)17/h5-6,8-9,12-13,18H,4,7,10-11H2,1-3H3. The van der Waals surface area contributed by atoms with Crippen LogP contribution in [-0.4, -0.2) is 31.3 Å². The van der Waals surface area contributed by atoms with E-state index in [1.54, 1.807) is 11.3 Å². The lowest BCUT2D eigenvalue weighted by atomic mass is 9.88. The Labute approximate surface area is 125 Å². The zero-order chi connectivity index (χ0) is 14.5. The first-order valence-corrected chi connectivity index (χ1v) is 8.19. The number of hydrogen-bond donors (Lipinski definition) is 1. The average molecular weight is 288 g/mol. The van der Waals surface area contributed by atoms with Gasteiger partial charge in [-0.1, -0.05) is 31.5 Å². The molecule has 2 rings (SSSR count). The minimum Gasteiger partial charge on any atom is -0.309 e. The van der Waals surface area contributed by atoms with Crippen molar-refractivity contribution in [3.63, 3.8) is 0 Å². The third-order valence-corrected chi connectivity index (χ3v) is 4.67. The maximum absolute atomic E-state index is 8.43. The summed E-state index contributed by atoms with van der Waals surface area (Å²) in [5, 5.41) is 12.0. The normalized spacial score (nSPS) is 13.0. The summed E-state index contributed by atoms with van der Waals surface area (Å²) >= 11 is 1.80. The maximum atomic E-state index is 8.43. The fraction of sp³-hybridized carbons (Fsp3) is 0.471. The summed E-state index contributed by atoms with van der Waals surface area (Å²) in [6.07, 6.45) is 2.99. The molecule has 0 aliphatic carbocycles. The van der Waals surface area contributed by atoms with Crippen LogP contribution < -0.4 is 0 Å². The number of nitrogens with one attached hydrogen (secondary N) is 1. The van der Waals surface area contributed by atoms with Crippen LogP contribution in [0.25, 0.3) is 10.1 Å². The fourth-order valence-electron chi connectivity index (χ4n) is 2.62. The van der Waals surface area contributed by atoms with Crippen molar-refractivity contribution in [2.24, 2.45) is 0 Å². The molecule has 0 saturated heterocycles. The number of rotatable bonds is 7. The van der Waals surface area contributed by atoms with Gasteiger partial charge in [0.25, 0.3) is 0 Å². The van der Waals surface area contributed by atoms with Gasteiger partial charge in [0.2, 0.25) is 0 Å². The van der Waals surface area contributed by atoms with Crippen molar-refractivity contribution in [2.75, 3.05) is 20.6 Å². The molecular weight excluding hydrogens is 264 g/mol. The van der Waals surface area contributed by atoms with Gasteiger partial charge in [-0.15, -0.1) is 11.3 Å². The predicted molar refractivity (Wildman–Crippen MR) is 90.4 cm³/mol. The van der Waals surface area contributed by atoms with Crippen molar-refractivity contribution < 1.29 is 0 Å². The molecule has 1 heterocycles. The summed E-state index contributed by atoms with van der Waals surface area (Å²) < 4.78 is 1.33. The molecule has 1 atom stereocenters. The van der Waals surface area contributed by atoms with Crippen LogP contribution in [0, 0.1) is 5.41 Å². The van der Waals surface area contributed by atoms with Crippen molar-refractivity contribution in [1.29, 1.82) is 5.41 Å². The van der Waals surface area contributed by atoms with Gasteiger partial charge in [-0.2, -0.15) is 0 Å². The van der Waals surface area contributed by atoms with E-state index in [0.717, 1.165) is 31.5 Å². The molecule has 0 amide bonds. The summed E-state index contributed by atoms with van der Waals surface area (Å²) in [6, 6.07) is 8.57. The smallest absolute Gasteiger partial charge is 0.0345 e. The van der Waals surface area contributed by atoms with E-state index < -0.39 is 0 Å². The van der Waals surface area contributed by atoms with E-state index in [1.165, 1.54) is 15.6 Å². The Morgan fingerprint density at radius 1 is 1.30 bits per heavy atom. The molecule has 0 aliphatic rings. The van der Waals surface area contributed by atoms with Crippen LogP contribution in [0.5, 0.6) is 0 Å². The predicted octanol–water partition coefficient (Wildman–Crippen LogP) is 4.76. The van der Waals surface area contributed by atoms with Crippen LogP contribution in [0.1, 0.15) is 37.7 Å². The highest BCUT2D eigenvalue weighted by molar-refractivity contribution is 7.17. The molecule has 1 aromatic carbocycles. The second-order valence-electron chi connectivity index (χ2n) is 5.61. The van der Waals surface area contributed by atoms with Crippen LogP contribution in [0.15, 0.2) is 29.6 Å². The summed E-state index contributed by atoms with van der Waals surface area (Å²) in [7, 11) is 4.21. The number of nitrogens with zero attached hydrogens (tertiary/aromatic N) is 1. The largest absolute Gasteiger partial charge is 0.309 e. The molecule has 0 spiro atoms. The zero-order valence-corrected chi connectivity index (χ0v) is 13.5. The van der Waals surface area contributed by atoms with Crippen LogP contribution in [-0.2, 0) is 0 Å². The van der Waals surface area contributed by atoms with Gasteiger partial charge in [0.05, 0.1) is 0 Å². The molecule has 108 valence electrons. The van der Waals surface area contributed by atoms with Gasteiger partial charge in [-0.3, -0.25) is 0 Å². The van der Waals surface area contributed by atoms with E-state index >= 15 is 0 Å². The molecule has 0 bridgehead atoms. The molecule has 0 fully saturated rings. The molecule has 1 N–H and O–H groups in total. The van der Waals surface area contributed by atoms with Crippen LogP contribution in [0.2, 0.25) is 0 Å². The van der Waals surface area contributed by atoms with Crippen molar-refractivity contribution in [1.82, 2.24) is 4.90 Å². The Balaban J connectivity index is 2.31. The second kappa shape index (κ2) is 7.00. The highest BCUT2D eigenvalue weighted by Crippen LogP contribution is 2.34. The number of hydrogen-bond acceptors (Lipinski definition) is 3. The summed E-state index contributed by atoms with van der Waals surface area (Å²) in [5.74, 6) is 0.272. The van der Waals surface area contributed by atoms with Gasteiger partial charge in [0.15, 0.2) is 0 Å². The first-order chi connectivity index (χ1) is 9.63. The maximum Gasteiger partial charge on any atom is 0.0345 e. The van der Waals surface area contributed by atoms with Gasteiger partial charge in [0.1, 0.15) is 0 Å². The topological polar surface area (TPSA) is 27.1 Å². The number of fused-ring (bicyclic) bond motifs is 1. The van der Waals surface area contributed by atoms with E-state index in [4.69, 9.17) is 5.41 Å². The third kappa shape index (κ3) is 3.47. The van der Waals surface area contributed by atoms with Crippen molar-refractivity contribution in [2.45, 2.75) is 32.1 Å². The summed E-state index contributed by atoms with van der Waals surface area (Å²) in [4.78, 5) is 2.21. The molecule has 3 heteroatoms. The van der Waals surface area contributed by atoms with E-state index in [0.29, 0.717) is 0 Å². The van der Waals surface area contributed by atoms with Gasteiger partial charge in [-0.05, 0) is 55.9 Å². The quantitative estimate of drug-likeness (QED) is 0.731. The molecule has 1 aromatic heterocycles. The van der Waals surface area contributed by atoms with Crippen LogP contribution in [0.3, 0.4) is 0 Å². The first kappa shape index (κ1) is 15.2. The molecule has 2 aromatic rings. The summed E-state index contributed by atoms with van der Waals surface area (Å²) in [6.45, 7) is 3.18. The molecule has 0 radical (unpaired) electrons. The molecule has 0 aliphatic heterocycles. The molecule has 2 nitrogen and oxygen atoms in total. The van der Waals surface area contributed by atoms with Crippen LogP contribution in [0.4, 0.5) is 0 Å². The van der Waals surface area contributed by atoms with E-state index in [9.17, 15) is 0 Å². The van der Waals surface area contributed by atoms with Crippen LogP contribution >= 0.6 is 11.3 Å². The Hall–Kier alpha value is -1.19. The minimum absolute atomic E-state index is 0.272. The Morgan fingerprint density at radius 3 is 2.75 bits per heavy atom. The molecule has 20 heavy (non-hydrogen) atoms. The van der Waals surface area contributed by atoms with Gasteiger partial charge >= 0.3 is 0 Å². The zero-order valence-electron chi connectivity index (χ0n) is 12.6. The second-order valence-corrected chi connectivity index (χ2v) is 6.52. The lowest BCUT2D eigenvalue weighted by Crippen LogP contribution is -2.20. The van der Waals surface area contributed by atoms with Gasteiger partial charge in [-0.25, -0.2) is 0 Å². The highest BCUT2D eigenvalue weighted by atomic mass is 32.1. The van der Waals surface area contributed by atoms with Crippen molar-refractivity contribution in [3.05, 3.63) is 35.2 Å². The fourth-order valence-corrected chi connectivity index (χ4v) is 3.63.